The van der Waals surface area contributed by atoms with Gasteiger partial charge in [0.25, 0.3) is 5.56 Å². The zero-order chi connectivity index (χ0) is 13.2. The lowest BCUT2D eigenvalue weighted by Crippen LogP contribution is -2.24. The molecule has 17 heavy (non-hydrogen) atoms. The predicted molar refractivity (Wildman–Crippen MR) is 76.2 cm³/mol. The van der Waals surface area contributed by atoms with E-state index in [9.17, 15) is 4.79 Å². The Balaban J connectivity index is 2.59. The van der Waals surface area contributed by atoms with Crippen molar-refractivity contribution in [2.24, 2.45) is 7.05 Å². The monoisotopic (exact) mass is 320 g/mol. The van der Waals surface area contributed by atoms with Gasteiger partial charge in [0.1, 0.15) is 11.2 Å². The standard InChI is InChI=1S/C11H21BrN2O2Si/c1-9-10(12)11(15)13(2)14(9)8-16-6-7-17(3,4)5/h6-8H2,1-5H3. The van der Waals surface area contributed by atoms with Gasteiger partial charge in [-0.25, -0.2) is 0 Å². The van der Waals surface area contributed by atoms with E-state index in [1.807, 2.05) is 11.6 Å². The molecule has 1 aromatic rings. The van der Waals surface area contributed by atoms with Crippen LogP contribution in [0, 0.1) is 6.92 Å². The predicted octanol–water partition coefficient (Wildman–Crippen LogP) is 2.57. The summed E-state index contributed by atoms with van der Waals surface area (Å²) in [7, 11) is 0.712. The summed E-state index contributed by atoms with van der Waals surface area (Å²) in [6.07, 6.45) is 0. The van der Waals surface area contributed by atoms with Gasteiger partial charge in [-0.15, -0.1) is 0 Å². The average Bonchev–Trinajstić information content (AvgIpc) is 2.39. The van der Waals surface area contributed by atoms with Gasteiger partial charge in [-0.3, -0.25) is 14.2 Å². The van der Waals surface area contributed by atoms with Crippen molar-refractivity contribution >= 4 is 24.0 Å². The number of nitrogens with zero attached hydrogens (tertiary/aromatic N) is 2. The lowest BCUT2D eigenvalue weighted by molar-refractivity contribution is 0.0687. The van der Waals surface area contributed by atoms with E-state index in [4.69, 9.17) is 4.74 Å². The lowest BCUT2D eigenvalue weighted by Gasteiger charge is -2.16. The van der Waals surface area contributed by atoms with Crippen molar-refractivity contribution in [2.45, 2.75) is 39.3 Å². The van der Waals surface area contributed by atoms with Gasteiger partial charge in [-0.05, 0) is 28.9 Å². The van der Waals surface area contributed by atoms with Crippen LogP contribution >= 0.6 is 15.9 Å². The molecule has 0 amide bonds. The van der Waals surface area contributed by atoms with Crippen molar-refractivity contribution in [3.63, 3.8) is 0 Å². The number of ether oxygens (including phenoxy) is 1. The highest BCUT2D eigenvalue weighted by atomic mass is 79.9. The van der Waals surface area contributed by atoms with E-state index in [-0.39, 0.29) is 5.56 Å². The number of hydrogen-bond donors (Lipinski definition) is 0. The molecule has 0 saturated heterocycles. The third kappa shape index (κ3) is 3.82. The Morgan fingerprint density at radius 2 is 1.94 bits per heavy atom. The fourth-order valence-electron chi connectivity index (χ4n) is 1.46. The van der Waals surface area contributed by atoms with Crippen LogP contribution in [0.15, 0.2) is 9.27 Å². The van der Waals surface area contributed by atoms with Gasteiger partial charge >= 0.3 is 0 Å². The smallest absolute Gasteiger partial charge is 0.281 e. The first-order valence-electron chi connectivity index (χ1n) is 5.73. The quantitative estimate of drug-likeness (QED) is 0.617. The molecule has 0 aliphatic heterocycles. The van der Waals surface area contributed by atoms with E-state index < -0.39 is 8.07 Å². The Labute approximate surface area is 112 Å². The zero-order valence-corrected chi connectivity index (χ0v) is 13.8. The molecule has 0 unspecified atom stereocenters. The zero-order valence-electron chi connectivity index (χ0n) is 11.2. The molecule has 0 aliphatic rings. The lowest BCUT2D eigenvalue weighted by atomic mass is 10.5. The molecule has 0 aromatic carbocycles. The van der Waals surface area contributed by atoms with E-state index in [0.29, 0.717) is 11.2 Å². The Hall–Kier alpha value is -0.333. The summed E-state index contributed by atoms with van der Waals surface area (Å²) >= 11 is 3.29. The van der Waals surface area contributed by atoms with Gasteiger partial charge in [-0.2, -0.15) is 0 Å². The average molecular weight is 321 g/mol. The third-order valence-corrected chi connectivity index (χ3v) is 5.38. The van der Waals surface area contributed by atoms with Crippen LogP contribution in [0.4, 0.5) is 0 Å². The van der Waals surface area contributed by atoms with Crippen LogP contribution in [-0.4, -0.2) is 24.0 Å². The largest absolute Gasteiger partial charge is 0.360 e. The molecule has 0 spiro atoms. The molecule has 0 bridgehead atoms. The fourth-order valence-corrected chi connectivity index (χ4v) is 2.68. The summed E-state index contributed by atoms with van der Waals surface area (Å²) in [5.41, 5.74) is 0.891. The third-order valence-electron chi connectivity index (χ3n) is 2.76. The van der Waals surface area contributed by atoms with Crippen LogP contribution in [-0.2, 0) is 18.5 Å². The number of halogens is 1. The number of rotatable bonds is 5. The minimum Gasteiger partial charge on any atom is -0.360 e. The maximum atomic E-state index is 11.6. The van der Waals surface area contributed by atoms with E-state index in [0.717, 1.165) is 18.3 Å². The maximum Gasteiger partial charge on any atom is 0.281 e. The van der Waals surface area contributed by atoms with E-state index in [2.05, 4.69) is 35.6 Å². The van der Waals surface area contributed by atoms with Crippen LogP contribution < -0.4 is 5.56 Å². The Morgan fingerprint density at radius 3 is 2.35 bits per heavy atom. The van der Waals surface area contributed by atoms with Crippen molar-refractivity contribution in [1.29, 1.82) is 0 Å². The molecule has 0 atom stereocenters. The molecule has 0 fully saturated rings. The van der Waals surface area contributed by atoms with Crippen molar-refractivity contribution in [3.8, 4) is 0 Å². The van der Waals surface area contributed by atoms with Gasteiger partial charge < -0.3 is 4.74 Å². The van der Waals surface area contributed by atoms with Crippen LogP contribution in [0.3, 0.4) is 0 Å². The van der Waals surface area contributed by atoms with Crippen molar-refractivity contribution in [3.05, 3.63) is 20.5 Å². The van der Waals surface area contributed by atoms with Crippen molar-refractivity contribution in [2.75, 3.05) is 6.61 Å². The summed E-state index contributed by atoms with van der Waals surface area (Å²) in [6.45, 7) is 10.1. The van der Waals surface area contributed by atoms with Crippen molar-refractivity contribution < 1.29 is 4.74 Å². The second kappa shape index (κ2) is 5.54. The normalized spacial score (nSPS) is 12.1. The van der Waals surface area contributed by atoms with E-state index >= 15 is 0 Å². The summed E-state index contributed by atoms with van der Waals surface area (Å²) < 4.78 is 9.68. The Kier molecular flexibility index (Phi) is 4.80. The summed E-state index contributed by atoms with van der Waals surface area (Å²) in [5.74, 6) is 0. The van der Waals surface area contributed by atoms with Gasteiger partial charge in [0, 0.05) is 21.7 Å². The maximum absolute atomic E-state index is 11.6. The minimum atomic E-state index is -1.04. The van der Waals surface area contributed by atoms with Crippen LogP contribution in [0.5, 0.6) is 0 Å². The number of hydrogen-bond acceptors (Lipinski definition) is 2. The molecule has 1 aromatic heterocycles. The first-order valence-corrected chi connectivity index (χ1v) is 10.2. The minimum absolute atomic E-state index is 0.0173. The first kappa shape index (κ1) is 14.7. The molecule has 1 heterocycles. The van der Waals surface area contributed by atoms with Gasteiger partial charge in [0.05, 0.1) is 5.69 Å². The summed E-state index contributed by atoms with van der Waals surface area (Å²) in [5, 5.41) is 0. The van der Waals surface area contributed by atoms with Crippen LogP contribution in [0.1, 0.15) is 5.69 Å². The van der Waals surface area contributed by atoms with E-state index in [1.54, 1.807) is 11.7 Å². The Morgan fingerprint density at radius 1 is 1.35 bits per heavy atom. The molecule has 0 aliphatic carbocycles. The highest BCUT2D eigenvalue weighted by Gasteiger charge is 2.14. The highest BCUT2D eigenvalue weighted by Crippen LogP contribution is 2.12. The molecule has 0 radical (unpaired) electrons. The highest BCUT2D eigenvalue weighted by molar-refractivity contribution is 9.10. The summed E-state index contributed by atoms with van der Waals surface area (Å²) in [6, 6.07) is 1.14. The SMILES string of the molecule is Cc1c(Br)c(=O)n(C)n1COCC[Si](C)(C)C. The molecule has 0 N–H and O–H groups in total. The van der Waals surface area contributed by atoms with Crippen LogP contribution in [0.25, 0.3) is 0 Å². The van der Waals surface area contributed by atoms with E-state index in [1.165, 1.54) is 0 Å². The molecular weight excluding hydrogens is 300 g/mol. The Bertz CT molecular complexity index is 446. The van der Waals surface area contributed by atoms with Gasteiger partial charge in [0.2, 0.25) is 0 Å². The van der Waals surface area contributed by atoms with Crippen LogP contribution in [0.2, 0.25) is 25.7 Å². The van der Waals surface area contributed by atoms with Gasteiger partial charge in [0.15, 0.2) is 0 Å². The molecule has 6 heteroatoms. The summed E-state index contributed by atoms with van der Waals surface area (Å²) in [4.78, 5) is 11.6. The molecule has 1 rings (SSSR count). The molecule has 0 saturated carbocycles. The second-order valence-corrected chi connectivity index (χ2v) is 11.9. The topological polar surface area (TPSA) is 36.2 Å². The first-order chi connectivity index (χ1) is 7.74. The molecular formula is C11H21BrN2O2Si. The number of aromatic nitrogens is 2. The second-order valence-electron chi connectivity index (χ2n) is 5.48. The molecule has 4 nitrogen and oxygen atoms in total. The van der Waals surface area contributed by atoms with Crippen molar-refractivity contribution in [1.82, 2.24) is 9.36 Å². The van der Waals surface area contributed by atoms with Gasteiger partial charge in [-0.1, -0.05) is 19.6 Å². The molecule has 98 valence electrons. The fraction of sp³-hybridized carbons (Fsp3) is 0.727.